The minimum Gasteiger partial charge on any atom is -0.469 e. The van der Waals surface area contributed by atoms with Gasteiger partial charge < -0.3 is 18.9 Å². The lowest BCUT2D eigenvalue weighted by atomic mass is 9.49. The number of hydrogen-bond acceptors (Lipinski definition) is 8. The third kappa shape index (κ3) is 8.99. The highest BCUT2D eigenvalue weighted by Gasteiger charge is 2.60. The van der Waals surface area contributed by atoms with E-state index < -0.39 is 28.5 Å². The van der Waals surface area contributed by atoms with Crippen LogP contribution in [0.2, 0.25) is 0 Å². The largest absolute Gasteiger partial charge is 0.469 e. The Kier molecular flexibility index (Phi) is 17.5. The maximum absolute atomic E-state index is 13.9. The lowest BCUT2D eigenvalue weighted by molar-refractivity contribution is -0.215. The Morgan fingerprint density at radius 2 is 1.37 bits per heavy atom. The van der Waals surface area contributed by atoms with Gasteiger partial charge in [-0.25, -0.2) is 0 Å². The van der Waals surface area contributed by atoms with E-state index in [0.29, 0.717) is 55.3 Å². The molecular weight excluding hydrogens is 644 g/mol. The van der Waals surface area contributed by atoms with Crippen molar-refractivity contribution in [3.8, 4) is 0 Å². The van der Waals surface area contributed by atoms with Crippen LogP contribution in [0, 0.1) is 64.6 Å². The fourth-order valence-corrected chi connectivity index (χ4v) is 11.7. The molecule has 0 spiro atoms. The van der Waals surface area contributed by atoms with E-state index in [1.165, 1.54) is 32.8 Å². The smallest absolute Gasteiger partial charge is 0.312 e. The predicted octanol–water partition coefficient (Wildman–Crippen LogP) is 10.5. The molecule has 6 saturated carbocycles. The molecule has 7 unspecified atom stereocenters. The highest BCUT2D eigenvalue weighted by Crippen LogP contribution is 2.61. The van der Waals surface area contributed by atoms with Crippen molar-refractivity contribution in [2.75, 3.05) is 13.7 Å². The van der Waals surface area contributed by atoms with Crippen LogP contribution in [0.1, 0.15) is 163 Å². The number of methoxy groups -OCH3 is 1. The van der Waals surface area contributed by atoms with Crippen molar-refractivity contribution in [3.05, 3.63) is 0 Å². The molecule has 2 heterocycles. The molecule has 6 aliphatic carbocycles. The third-order valence-electron chi connectivity index (χ3n) is 13.4. The molecule has 0 aromatic carbocycles. The van der Waals surface area contributed by atoms with Crippen LogP contribution >= 0.6 is 0 Å². The number of cyclic esters (lactones) is 2. The molecule has 8 aliphatic rings. The van der Waals surface area contributed by atoms with E-state index in [4.69, 9.17) is 18.9 Å². The molecule has 6 bridgehead atoms. The Labute approximate surface area is 313 Å². The Morgan fingerprint density at radius 3 is 1.84 bits per heavy atom. The standard InChI is InChI=1S/C28H44O6.C9H12O2.6CH4/c1-7-19(23(29)32-6)14-20(15-27(5)16-26(3,4)34-25(27)31)24(30)33-28(8-2)21-10-17-9-18(12-21)13-22(28)11-17;10-9-8-6-2-1-5(3-6)7(8)4-11-9;;;;;;/h17-22H,7-16H2,1-6H3;5-8H,1-4H2;6*1H4. The second kappa shape index (κ2) is 18.3. The lowest BCUT2D eigenvalue weighted by Gasteiger charge is -2.60. The quantitative estimate of drug-likeness (QED) is 0.171. The van der Waals surface area contributed by atoms with Gasteiger partial charge in [-0.2, -0.15) is 0 Å². The van der Waals surface area contributed by atoms with Gasteiger partial charge in [0.1, 0.15) is 11.2 Å². The molecule has 2 saturated heterocycles. The van der Waals surface area contributed by atoms with Gasteiger partial charge >= 0.3 is 23.9 Å². The zero-order chi connectivity index (χ0) is 32.3. The molecule has 0 N–H and O–H groups in total. The van der Waals surface area contributed by atoms with Crippen molar-refractivity contribution in [2.45, 2.75) is 174 Å². The normalized spacial score (nSPS) is 37.7. The van der Waals surface area contributed by atoms with Crippen LogP contribution < -0.4 is 0 Å². The second-order valence-corrected chi connectivity index (χ2v) is 16.8. The van der Waals surface area contributed by atoms with Gasteiger partial charge in [-0.05, 0) is 133 Å². The lowest BCUT2D eigenvalue weighted by Crippen LogP contribution is -2.59. The Bertz CT molecular complexity index is 1150. The molecule has 0 radical (unpaired) electrons. The Morgan fingerprint density at radius 1 is 0.804 bits per heavy atom. The van der Waals surface area contributed by atoms with Gasteiger partial charge in [0.05, 0.1) is 36.9 Å². The molecule has 51 heavy (non-hydrogen) atoms. The van der Waals surface area contributed by atoms with E-state index >= 15 is 0 Å². The first-order valence-electron chi connectivity index (χ1n) is 18.0. The van der Waals surface area contributed by atoms with E-state index in [-0.39, 0.29) is 68.4 Å². The van der Waals surface area contributed by atoms with Crippen LogP contribution in [-0.4, -0.2) is 48.8 Å². The zero-order valence-corrected chi connectivity index (χ0v) is 28.4. The molecule has 8 fully saturated rings. The van der Waals surface area contributed by atoms with Gasteiger partial charge in [0.15, 0.2) is 0 Å². The number of carbonyl (C=O) groups is 4. The molecular formula is C43H80O8. The summed E-state index contributed by atoms with van der Waals surface area (Å²) in [5.41, 5.74) is -1.73. The minimum atomic E-state index is -0.773. The third-order valence-corrected chi connectivity index (χ3v) is 13.4. The number of fused-ring (bicyclic) bond motifs is 5. The number of ether oxygens (including phenoxy) is 4. The van der Waals surface area contributed by atoms with Gasteiger partial charge in [-0.3, -0.25) is 19.2 Å². The average molecular weight is 725 g/mol. The number of rotatable bonds is 9. The Hall–Kier alpha value is -2.12. The molecule has 300 valence electrons. The molecule has 8 rings (SSSR count). The fourth-order valence-electron chi connectivity index (χ4n) is 11.7. The maximum atomic E-state index is 13.9. The summed E-state index contributed by atoms with van der Waals surface area (Å²) < 4.78 is 22.3. The first kappa shape index (κ1) is 48.9. The van der Waals surface area contributed by atoms with Crippen LogP contribution in [0.5, 0.6) is 0 Å². The van der Waals surface area contributed by atoms with Crippen LogP contribution in [0.4, 0.5) is 0 Å². The summed E-state index contributed by atoms with van der Waals surface area (Å²) in [4.78, 5) is 50.4. The van der Waals surface area contributed by atoms with Gasteiger partial charge in [0.2, 0.25) is 0 Å². The summed E-state index contributed by atoms with van der Waals surface area (Å²) in [5, 5.41) is 0. The maximum Gasteiger partial charge on any atom is 0.312 e. The van der Waals surface area contributed by atoms with Crippen molar-refractivity contribution in [3.63, 3.8) is 0 Å². The van der Waals surface area contributed by atoms with E-state index in [0.717, 1.165) is 56.5 Å². The monoisotopic (exact) mass is 725 g/mol. The van der Waals surface area contributed by atoms with Crippen molar-refractivity contribution in [1.82, 2.24) is 0 Å². The molecule has 8 nitrogen and oxygen atoms in total. The van der Waals surface area contributed by atoms with Gasteiger partial charge in [0, 0.05) is 12.3 Å². The summed E-state index contributed by atoms with van der Waals surface area (Å²) in [6.07, 6.45) is 12.6. The highest BCUT2D eigenvalue weighted by molar-refractivity contribution is 5.81. The van der Waals surface area contributed by atoms with Crippen molar-refractivity contribution in [1.29, 1.82) is 0 Å². The molecule has 0 aromatic rings. The second-order valence-electron chi connectivity index (χ2n) is 16.8. The number of hydrogen-bond donors (Lipinski definition) is 0. The first-order chi connectivity index (χ1) is 21.3. The Balaban J connectivity index is 0.00000125. The molecule has 2 aliphatic heterocycles. The van der Waals surface area contributed by atoms with Crippen molar-refractivity contribution < 1.29 is 38.1 Å². The van der Waals surface area contributed by atoms with Gasteiger partial charge in [-0.1, -0.05) is 58.4 Å². The average Bonchev–Trinajstić information content (AvgIpc) is 3.75. The topological polar surface area (TPSA) is 105 Å². The summed E-state index contributed by atoms with van der Waals surface area (Å²) >= 11 is 0. The van der Waals surface area contributed by atoms with E-state index in [1.54, 1.807) is 0 Å². The SMILES string of the molecule is C.C.C.C.C.C.CCC(CC(CC1(C)CC(C)(C)OC1=O)C(=O)OC1(CC)C2CC3CC(C2)CC1C3)C(=O)OC.O=C1OCC2C3CCC(C3)C12. The summed E-state index contributed by atoms with van der Waals surface area (Å²) in [7, 11) is 1.39. The van der Waals surface area contributed by atoms with Crippen LogP contribution in [0.25, 0.3) is 0 Å². The van der Waals surface area contributed by atoms with Crippen LogP contribution in [0.15, 0.2) is 0 Å². The van der Waals surface area contributed by atoms with E-state index in [1.807, 2.05) is 27.7 Å². The first-order valence-corrected chi connectivity index (χ1v) is 18.0. The molecule has 0 amide bonds. The van der Waals surface area contributed by atoms with E-state index in [9.17, 15) is 19.2 Å². The zero-order valence-electron chi connectivity index (χ0n) is 28.4. The number of esters is 4. The van der Waals surface area contributed by atoms with Crippen molar-refractivity contribution >= 4 is 23.9 Å². The van der Waals surface area contributed by atoms with E-state index in [2.05, 4.69) is 6.92 Å². The summed E-state index contributed by atoms with van der Waals surface area (Å²) in [6, 6.07) is 0. The summed E-state index contributed by atoms with van der Waals surface area (Å²) in [5.74, 6) is 3.25. The van der Waals surface area contributed by atoms with Gasteiger partial charge in [0.25, 0.3) is 0 Å². The predicted molar refractivity (Wildman–Crippen MR) is 207 cm³/mol. The molecule has 8 heteroatoms. The van der Waals surface area contributed by atoms with Crippen LogP contribution in [-0.2, 0) is 38.1 Å². The molecule has 0 aromatic heterocycles. The highest BCUT2D eigenvalue weighted by atomic mass is 16.6. The summed E-state index contributed by atoms with van der Waals surface area (Å²) in [6.45, 7) is 10.5. The van der Waals surface area contributed by atoms with Crippen LogP contribution in [0.3, 0.4) is 0 Å². The molecule has 7 atom stereocenters. The minimum absolute atomic E-state index is 0. The number of carbonyl (C=O) groups excluding carboxylic acids is 4. The fraction of sp³-hybridized carbons (Fsp3) is 0.907. The van der Waals surface area contributed by atoms with Gasteiger partial charge in [-0.15, -0.1) is 0 Å². The van der Waals surface area contributed by atoms with Crippen molar-refractivity contribution in [2.24, 2.45) is 64.6 Å².